The van der Waals surface area contributed by atoms with Crippen LogP contribution in [-0.4, -0.2) is 50.4 Å². The molecule has 0 rings (SSSR count). The van der Waals surface area contributed by atoms with Gasteiger partial charge in [0.05, 0.1) is 6.10 Å². The topological polar surface area (TPSA) is 121 Å². The molecule has 0 saturated heterocycles. The Morgan fingerprint density at radius 1 is 0.966 bits per heavy atom. The number of aliphatic hydroxyl groups excluding tert-OH is 1. The minimum absolute atomic E-state index is 0.116. The quantitative estimate of drug-likeness (QED) is 0.164. The summed E-state index contributed by atoms with van der Waals surface area (Å²) in [6.45, 7) is 2.23. The van der Waals surface area contributed by atoms with Crippen molar-refractivity contribution in [2.45, 2.75) is 108 Å². The van der Waals surface area contributed by atoms with Gasteiger partial charge in [-0.15, -0.1) is 11.8 Å². The van der Waals surface area contributed by atoms with Gasteiger partial charge in [0, 0.05) is 17.4 Å². The highest BCUT2D eigenvalue weighted by Gasteiger charge is 2.21. The van der Waals surface area contributed by atoms with Crippen LogP contribution >= 0.6 is 11.8 Å². The molecule has 1 unspecified atom stereocenters. The highest BCUT2D eigenvalue weighted by Crippen LogP contribution is 2.21. The number of hydrogen-bond donors (Lipinski definition) is 4. The smallest absolute Gasteiger partial charge is 0.321 e. The molecule has 0 radical (unpaired) electrons. The first-order valence-electron chi connectivity index (χ1n) is 11.0. The third kappa shape index (κ3) is 17.5. The summed E-state index contributed by atoms with van der Waals surface area (Å²) in [5.41, 5.74) is 5.54. The van der Waals surface area contributed by atoms with Gasteiger partial charge in [0.25, 0.3) is 0 Å². The Morgan fingerprint density at radius 2 is 1.52 bits per heavy atom. The van der Waals surface area contributed by atoms with Gasteiger partial charge in [-0.2, -0.15) is 0 Å². The number of carbonyl (C=O) groups is 2. The van der Waals surface area contributed by atoms with Crippen LogP contribution in [0, 0.1) is 0 Å². The summed E-state index contributed by atoms with van der Waals surface area (Å²) in [6.07, 6.45) is 16.8. The molecular weight excluding hydrogens is 390 g/mol. The second-order valence-electron chi connectivity index (χ2n) is 7.64. The van der Waals surface area contributed by atoms with Crippen molar-refractivity contribution in [3.63, 3.8) is 0 Å². The minimum atomic E-state index is -1.08. The molecule has 5 N–H and O–H groups in total. The Morgan fingerprint density at radius 3 is 2.03 bits per heavy atom. The van der Waals surface area contributed by atoms with Crippen LogP contribution in [0.3, 0.4) is 0 Å². The lowest BCUT2D eigenvalue weighted by atomic mass is 10.1. The van der Waals surface area contributed by atoms with E-state index in [1.165, 1.54) is 69.5 Å². The zero-order chi connectivity index (χ0) is 21.9. The molecule has 0 aliphatic rings. The molecule has 29 heavy (non-hydrogen) atoms. The Hall–Kier alpha value is -1.05. The number of carboxylic acid groups (broad SMARTS) is 2. The van der Waals surface area contributed by atoms with Gasteiger partial charge in [-0.3, -0.25) is 9.59 Å². The van der Waals surface area contributed by atoms with Crippen molar-refractivity contribution in [1.82, 2.24) is 0 Å². The fourth-order valence-corrected chi connectivity index (χ4v) is 4.15. The summed E-state index contributed by atoms with van der Waals surface area (Å²) in [5, 5.41) is 27.6. The lowest BCUT2D eigenvalue weighted by molar-refractivity contribution is -0.138. The van der Waals surface area contributed by atoms with Crippen LogP contribution < -0.4 is 5.73 Å². The van der Waals surface area contributed by atoms with Crippen molar-refractivity contribution < 1.29 is 24.9 Å². The molecule has 0 heterocycles. The van der Waals surface area contributed by atoms with Gasteiger partial charge in [0.1, 0.15) is 6.04 Å². The van der Waals surface area contributed by atoms with Crippen LogP contribution in [0.1, 0.15) is 90.4 Å². The maximum Gasteiger partial charge on any atom is 0.321 e. The van der Waals surface area contributed by atoms with Gasteiger partial charge >= 0.3 is 11.9 Å². The first kappa shape index (κ1) is 27.9. The summed E-state index contributed by atoms with van der Waals surface area (Å²) < 4.78 is 0. The van der Waals surface area contributed by atoms with Gasteiger partial charge in [0.2, 0.25) is 0 Å². The van der Waals surface area contributed by atoms with Gasteiger partial charge in [-0.05, 0) is 19.3 Å². The van der Waals surface area contributed by atoms with Gasteiger partial charge < -0.3 is 21.1 Å². The predicted octanol–water partition coefficient (Wildman–Crippen LogP) is 4.59. The van der Waals surface area contributed by atoms with Gasteiger partial charge in [-0.1, -0.05) is 76.9 Å². The number of unbranched alkanes of at least 4 members (excludes halogenated alkanes) is 10. The molecule has 170 valence electrons. The van der Waals surface area contributed by atoms with Crippen LogP contribution in [0.15, 0.2) is 12.2 Å². The van der Waals surface area contributed by atoms with Crippen LogP contribution in [0.25, 0.3) is 0 Å². The maximum atomic E-state index is 10.9. The van der Waals surface area contributed by atoms with Crippen LogP contribution in [0.2, 0.25) is 0 Å². The molecule has 7 heteroatoms. The van der Waals surface area contributed by atoms with Gasteiger partial charge in [0.15, 0.2) is 0 Å². The molecule has 0 fully saturated rings. The normalized spacial score (nSPS) is 14.7. The Kier molecular flexibility index (Phi) is 18.3. The summed E-state index contributed by atoms with van der Waals surface area (Å²) in [4.78, 5) is 21.6. The Bertz CT molecular complexity index is 458. The molecular formula is C22H41NO5S. The standard InChI is InChI=1S/C22H41NO5S/c1-2-3-4-5-6-7-8-9-10-11-12-13-14-20(19(24)15-16-21(25)26)29-17-18(23)22(27)28/h13-14,18-20,24H,2-12,15-17,23H2,1H3,(H,25,26)(H,27,28)/b14-13-/t18?,19-,20+/m1/s1. The highest BCUT2D eigenvalue weighted by atomic mass is 32.2. The van der Waals surface area contributed by atoms with Gasteiger partial charge in [-0.25, -0.2) is 0 Å². The Labute approximate surface area is 180 Å². The number of nitrogens with two attached hydrogens (primary N) is 1. The second-order valence-corrected chi connectivity index (χ2v) is 8.85. The molecule has 0 aromatic carbocycles. The molecule has 0 amide bonds. The lowest BCUT2D eigenvalue weighted by Gasteiger charge is -2.20. The van der Waals surface area contributed by atoms with Crippen molar-refractivity contribution in [2.75, 3.05) is 5.75 Å². The molecule has 0 bridgehead atoms. The number of allylic oxidation sites excluding steroid dienone is 1. The number of carboxylic acids is 2. The highest BCUT2D eigenvalue weighted by molar-refractivity contribution is 8.00. The number of aliphatic carboxylic acids is 2. The summed E-state index contributed by atoms with van der Waals surface area (Å²) >= 11 is 1.27. The molecule has 0 aromatic heterocycles. The average molecular weight is 432 g/mol. The average Bonchev–Trinajstić information content (AvgIpc) is 2.68. The van der Waals surface area contributed by atoms with Crippen LogP contribution in [0.5, 0.6) is 0 Å². The summed E-state index contributed by atoms with van der Waals surface area (Å²) in [5.74, 6) is -1.86. The lowest BCUT2D eigenvalue weighted by Crippen LogP contribution is -2.34. The monoisotopic (exact) mass is 431 g/mol. The van der Waals surface area contributed by atoms with E-state index in [4.69, 9.17) is 15.9 Å². The van der Waals surface area contributed by atoms with Crippen molar-refractivity contribution in [3.8, 4) is 0 Å². The van der Waals surface area contributed by atoms with E-state index >= 15 is 0 Å². The zero-order valence-corrected chi connectivity index (χ0v) is 18.7. The number of thioether (sulfide) groups is 1. The number of aliphatic hydroxyl groups is 1. The molecule has 6 nitrogen and oxygen atoms in total. The Balaban J connectivity index is 4.09. The van der Waals surface area contributed by atoms with E-state index in [-0.39, 0.29) is 23.8 Å². The summed E-state index contributed by atoms with van der Waals surface area (Å²) in [7, 11) is 0. The fourth-order valence-electron chi connectivity index (χ4n) is 3.00. The first-order chi connectivity index (χ1) is 13.9. The fraction of sp³-hybridized carbons (Fsp3) is 0.818. The van der Waals surface area contributed by atoms with Crippen molar-refractivity contribution >= 4 is 23.7 Å². The van der Waals surface area contributed by atoms with Crippen molar-refractivity contribution in [1.29, 1.82) is 0 Å². The summed E-state index contributed by atoms with van der Waals surface area (Å²) in [6, 6.07) is -0.996. The van der Waals surface area contributed by atoms with E-state index in [9.17, 15) is 14.7 Å². The predicted molar refractivity (Wildman–Crippen MR) is 120 cm³/mol. The van der Waals surface area contributed by atoms with E-state index < -0.39 is 24.1 Å². The number of rotatable bonds is 20. The molecule has 0 aromatic rings. The van der Waals surface area contributed by atoms with E-state index in [1.54, 1.807) is 0 Å². The van der Waals surface area contributed by atoms with E-state index in [2.05, 4.69) is 6.92 Å². The molecule has 3 atom stereocenters. The molecule has 0 saturated carbocycles. The first-order valence-corrected chi connectivity index (χ1v) is 12.1. The molecule has 0 aliphatic carbocycles. The third-order valence-electron chi connectivity index (χ3n) is 4.87. The van der Waals surface area contributed by atoms with E-state index in [0.29, 0.717) is 0 Å². The molecule has 0 aliphatic heterocycles. The SMILES string of the molecule is CCCCCCCCCCCC/C=C\[C@H](SCC(N)C(=O)O)[C@H](O)CCC(=O)O. The zero-order valence-electron chi connectivity index (χ0n) is 17.9. The van der Waals surface area contributed by atoms with Crippen molar-refractivity contribution in [3.05, 3.63) is 12.2 Å². The maximum absolute atomic E-state index is 10.9. The largest absolute Gasteiger partial charge is 0.481 e. The van der Waals surface area contributed by atoms with E-state index in [1.807, 2.05) is 12.2 Å². The second kappa shape index (κ2) is 18.9. The van der Waals surface area contributed by atoms with Crippen LogP contribution in [0.4, 0.5) is 0 Å². The number of hydrogen-bond acceptors (Lipinski definition) is 5. The third-order valence-corrected chi connectivity index (χ3v) is 6.28. The van der Waals surface area contributed by atoms with Crippen molar-refractivity contribution in [2.24, 2.45) is 5.73 Å². The minimum Gasteiger partial charge on any atom is -0.481 e. The van der Waals surface area contributed by atoms with Crippen LogP contribution in [-0.2, 0) is 9.59 Å². The van der Waals surface area contributed by atoms with E-state index in [0.717, 1.165) is 12.8 Å². The molecule has 0 spiro atoms.